The normalized spacial score (nSPS) is 29.0. The Morgan fingerprint density at radius 2 is 1.59 bits per heavy atom. The van der Waals surface area contributed by atoms with Crippen LogP contribution in [-0.2, 0) is 16.9 Å². The SMILES string of the molecule is O=C(NC1C2CN(Cc3ccccc3)CC21)C(O)(c1ccccc1)C1CC1. The van der Waals surface area contributed by atoms with Crippen LogP contribution in [0.2, 0.25) is 0 Å². The molecule has 3 fully saturated rings. The Kier molecular flexibility index (Phi) is 4.06. The van der Waals surface area contributed by atoms with Crippen LogP contribution in [0, 0.1) is 17.8 Å². The Bertz CT molecular complexity index is 809. The zero-order valence-electron chi connectivity index (χ0n) is 15.4. The molecule has 1 heterocycles. The van der Waals surface area contributed by atoms with Crippen LogP contribution in [-0.4, -0.2) is 35.0 Å². The first kappa shape index (κ1) is 17.0. The maximum atomic E-state index is 13.0. The Hall–Kier alpha value is -2.17. The van der Waals surface area contributed by atoms with Gasteiger partial charge in [-0.2, -0.15) is 0 Å². The van der Waals surface area contributed by atoms with Crippen LogP contribution >= 0.6 is 0 Å². The van der Waals surface area contributed by atoms with Crippen LogP contribution in [0.5, 0.6) is 0 Å². The first-order chi connectivity index (χ1) is 13.2. The minimum Gasteiger partial charge on any atom is -0.375 e. The summed E-state index contributed by atoms with van der Waals surface area (Å²) in [6.07, 6.45) is 1.84. The third-order valence-electron chi connectivity index (χ3n) is 6.54. The molecule has 2 aromatic carbocycles. The molecule has 4 nitrogen and oxygen atoms in total. The number of nitrogens with zero attached hydrogens (tertiary/aromatic N) is 1. The van der Waals surface area contributed by atoms with E-state index in [0.29, 0.717) is 11.8 Å². The molecule has 27 heavy (non-hydrogen) atoms. The number of hydrogen-bond donors (Lipinski definition) is 2. The topological polar surface area (TPSA) is 52.6 Å². The van der Waals surface area contributed by atoms with Crippen LogP contribution in [0.1, 0.15) is 24.0 Å². The number of amides is 1. The van der Waals surface area contributed by atoms with E-state index in [1.807, 2.05) is 36.4 Å². The molecular weight excluding hydrogens is 336 g/mol. The van der Waals surface area contributed by atoms with Gasteiger partial charge in [0.1, 0.15) is 0 Å². The molecule has 3 aliphatic rings. The second kappa shape index (κ2) is 6.47. The van der Waals surface area contributed by atoms with Crippen molar-refractivity contribution in [3.63, 3.8) is 0 Å². The lowest BCUT2D eigenvalue weighted by molar-refractivity contribution is -0.143. The van der Waals surface area contributed by atoms with Crippen molar-refractivity contribution in [3.8, 4) is 0 Å². The van der Waals surface area contributed by atoms with E-state index in [4.69, 9.17) is 0 Å². The minimum absolute atomic E-state index is 0.0491. The number of hydrogen-bond acceptors (Lipinski definition) is 3. The smallest absolute Gasteiger partial charge is 0.257 e. The number of piperidine rings is 1. The summed E-state index contributed by atoms with van der Waals surface area (Å²) in [5.41, 5.74) is 0.690. The van der Waals surface area contributed by atoms with Crippen molar-refractivity contribution in [1.29, 1.82) is 0 Å². The second-order valence-electron chi connectivity index (χ2n) is 8.41. The number of aliphatic hydroxyl groups is 1. The van der Waals surface area contributed by atoms with Crippen LogP contribution in [0.15, 0.2) is 60.7 Å². The predicted octanol–water partition coefficient (Wildman–Crippen LogP) is 2.53. The summed E-state index contributed by atoms with van der Waals surface area (Å²) in [5.74, 6) is 0.895. The van der Waals surface area contributed by atoms with Gasteiger partial charge in [0.25, 0.3) is 5.91 Å². The first-order valence-electron chi connectivity index (χ1n) is 10.0. The van der Waals surface area contributed by atoms with E-state index in [2.05, 4.69) is 34.5 Å². The highest BCUT2D eigenvalue weighted by Gasteiger charge is 2.59. The number of fused-ring (bicyclic) bond motifs is 1. The highest BCUT2D eigenvalue weighted by molar-refractivity contribution is 5.87. The van der Waals surface area contributed by atoms with Gasteiger partial charge < -0.3 is 10.4 Å². The van der Waals surface area contributed by atoms with Gasteiger partial charge in [0, 0.05) is 31.6 Å². The van der Waals surface area contributed by atoms with E-state index in [-0.39, 0.29) is 17.9 Å². The summed E-state index contributed by atoms with van der Waals surface area (Å²) < 4.78 is 0. The van der Waals surface area contributed by atoms with Crippen molar-refractivity contribution in [2.24, 2.45) is 17.8 Å². The van der Waals surface area contributed by atoms with Gasteiger partial charge in [-0.1, -0.05) is 60.7 Å². The molecule has 1 amide bonds. The van der Waals surface area contributed by atoms with Gasteiger partial charge in [-0.3, -0.25) is 9.69 Å². The molecule has 2 aliphatic carbocycles. The highest BCUT2D eigenvalue weighted by atomic mass is 16.3. The summed E-state index contributed by atoms with van der Waals surface area (Å²) in [6.45, 7) is 3.03. The molecule has 140 valence electrons. The molecule has 3 atom stereocenters. The van der Waals surface area contributed by atoms with Crippen LogP contribution in [0.3, 0.4) is 0 Å². The lowest BCUT2D eigenvalue weighted by Gasteiger charge is -2.28. The Morgan fingerprint density at radius 1 is 1.00 bits per heavy atom. The number of nitrogens with one attached hydrogen (secondary N) is 1. The molecule has 1 saturated heterocycles. The van der Waals surface area contributed by atoms with Gasteiger partial charge in [-0.25, -0.2) is 0 Å². The third-order valence-corrected chi connectivity index (χ3v) is 6.54. The average molecular weight is 362 g/mol. The molecule has 2 N–H and O–H groups in total. The Balaban J connectivity index is 1.21. The molecule has 2 aromatic rings. The zero-order chi connectivity index (χ0) is 18.4. The minimum atomic E-state index is -1.37. The summed E-state index contributed by atoms with van der Waals surface area (Å²) in [6, 6.07) is 20.2. The molecule has 5 rings (SSSR count). The predicted molar refractivity (Wildman–Crippen MR) is 104 cm³/mol. The third kappa shape index (κ3) is 3.07. The molecule has 2 saturated carbocycles. The van der Waals surface area contributed by atoms with E-state index < -0.39 is 5.60 Å². The van der Waals surface area contributed by atoms with Gasteiger partial charge in [-0.05, 0) is 35.8 Å². The molecule has 4 heteroatoms. The monoisotopic (exact) mass is 362 g/mol. The number of rotatable bonds is 6. The first-order valence-corrected chi connectivity index (χ1v) is 10.0. The fourth-order valence-corrected chi connectivity index (χ4v) is 4.81. The van der Waals surface area contributed by atoms with Crippen molar-refractivity contribution in [2.45, 2.75) is 31.0 Å². The van der Waals surface area contributed by atoms with E-state index in [1.54, 1.807) is 0 Å². The molecule has 0 bridgehead atoms. The van der Waals surface area contributed by atoms with Gasteiger partial charge in [-0.15, -0.1) is 0 Å². The van der Waals surface area contributed by atoms with Gasteiger partial charge >= 0.3 is 0 Å². The lowest BCUT2D eigenvalue weighted by Crippen LogP contribution is -2.48. The summed E-state index contributed by atoms with van der Waals surface area (Å²) >= 11 is 0. The molecule has 3 unspecified atom stereocenters. The number of carbonyl (C=O) groups is 1. The Morgan fingerprint density at radius 3 is 2.19 bits per heavy atom. The van der Waals surface area contributed by atoms with Crippen molar-refractivity contribution >= 4 is 5.91 Å². The summed E-state index contributed by atoms with van der Waals surface area (Å²) in [7, 11) is 0. The van der Waals surface area contributed by atoms with E-state index in [9.17, 15) is 9.90 Å². The maximum absolute atomic E-state index is 13.0. The van der Waals surface area contributed by atoms with Crippen LogP contribution in [0.25, 0.3) is 0 Å². The summed E-state index contributed by atoms with van der Waals surface area (Å²) in [4.78, 5) is 15.5. The molecule has 1 aliphatic heterocycles. The number of carbonyl (C=O) groups excluding carboxylic acids is 1. The van der Waals surface area contributed by atoms with Gasteiger partial charge in [0.15, 0.2) is 5.60 Å². The maximum Gasteiger partial charge on any atom is 0.257 e. The average Bonchev–Trinajstić information content (AvgIpc) is 3.61. The molecule has 0 aromatic heterocycles. The van der Waals surface area contributed by atoms with Crippen molar-refractivity contribution in [2.75, 3.05) is 13.1 Å². The lowest BCUT2D eigenvalue weighted by atomic mass is 9.87. The quantitative estimate of drug-likeness (QED) is 0.830. The standard InChI is InChI=1S/C23H26N2O2/c26-22(23(27,18-11-12-18)17-9-5-2-6-10-17)24-21-19-14-25(15-20(19)21)13-16-7-3-1-4-8-16/h1-10,18-21,27H,11-15H2,(H,24,26). The Labute approximate surface area is 160 Å². The van der Waals surface area contributed by atoms with Crippen LogP contribution in [0.4, 0.5) is 0 Å². The van der Waals surface area contributed by atoms with Gasteiger partial charge in [0.05, 0.1) is 0 Å². The van der Waals surface area contributed by atoms with E-state index in [1.165, 1.54) is 5.56 Å². The fraction of sp³-hybridized carbons (Fsp3) is 0.435. The zero-order valence-corrected chi connectivity index (χ0v) is 15.4. The summed E-state index contributed by atoms with van der Waals surface area (Å²) in [5, 5.41) is 14.4. The largest absolute Gasteiger partial charge is 0.375 e. The molecule has 0 spiro atoms. The van der Waals surface area contributed by atoms with Gasteiger partial charge in [0.2, 0.25) is 0 Å². The van der Waals surface area contributed by atoms with Crippen molar-refractivity contribution < 1.29 is 9.90 Å². The van der Waals surface area contributed by atoms with Crippen molar-refractivity contribution in [3.05, 3.63) is 71.8 Å². The highest BCUT2D eigenvalue weighted by Crippen LogP contribution is 2.49. The van der Waals surface area contributed by atoms with E-state index in [0.717, 1.165) is 38.0 Å². The number of benzene rings is 2. The fourth-order valence-electron chi connectivity index (χ4n) is 4.81. The number of likely N-dealkylation sites (tertiary alicyclic amines) is 1. The molecule has 0 radical (unpaired) electrons. The van der Waals surface area contributed by atoms with E-state index >= 15 is 0 Å². The van der Waals surface area contributed by atoms with Crippen molar-refractivity contribution in [1.82, 2.24) is 10.2 Å². The van der Waals surface area contributed by atoms with Crippen LogP contribution < -0.4 is 5.32 Å². The second-order valence-corrected chi connectivity index (χ2v) is 8.41. The molecular formula is C23H26N2O2.